The van der Waals surface area contributed by atoms with Gasteiger partial charge in [-0.05, 0) is 18.2 Å². The second kappa shape index (κ2) is 10.7. The van der Waals surface area contributed by atoms with Gasteiger partial charge in [-0.2, -0.15) is 19.3 Å². The normalized spacial score (nSPS) is 18.5. The number of sulfonamides is 1. The number of nitro benzene ring substituents is 1. The highest BCUT2D eigenvalue weighted by atomic mass is 32.2. The number of carbonyl (C=O) groups excluding carboxylic acids is 1. The second-order valence-electron chi connectivity index (χ2n) is 9.28. The molecule has 41 heavy (non-hydrogen) atoms. The van der Waals surface area contributed by atoms with Crippen LogP contribution in [0.1, 0.15) is 17.0 Å². The third-order valence-electron chi connectivity index (χ3n) is 6.94. The van der Waals surface area contributed by atoms with Gasteiger partial charge in [-0.3, -0.25) is 14.9 Å². The van der Waals surface area contributed by atoms with Crippen LogP contribution in [-0.4, -0.2) is 81.0 Å². The standard InChI is InChI=1S/C24H25N7O9S/c1-39-15-8-7-14(20(9-15)40-2)10-29-19(22(23(29)32)25-24(33)34)13-30-26-16-11-28(12-17(16)27-30)41(37,38)21-6-4-3-5-18(21)31(35)36/h3-9,19,22,25H,10-13H2,1-2H3,(H,33,34)/t19-,22+/m1/s1. The highest BCUT2D eigenvalue weighted by Crippen LogP contribution is 2.33. The van der Waals surface area contributed by atoms with Crippen molar-refractivity contribution in [1.82, 2.24) is 29.5 Å². The van der Waals surface area contributed by atoms with E-state index in [2.05, 4.69) is 15.5 Å². The summed E-state index contributed by atoms with van der Waals surface area (Å²) < 4.78 is 38.0. The van der Waals surface area contributed by atoms with Gasteiger partial charge in [0.05, 0.1) is 44.8 Å². The van der Waals surface area contributed by atoms with E-state index >= 15 is 0 Å². The second-order valence-corrected chi connectivity index (χ2v) is 11.2. The Morgan fingerprint density at radius 2 is 1.83 bits per heavy atom. The molecule has 1 saturated heterocycles. The van der Waals surface area contributed by atoms with Crippen molar-refractivity contribution in [3.05, 3.63) is 69.5 Å². The molecule has 216 valence electrons. The van der Waals surface area contributed by atoms with Crippen molar-refractivity contribution in [1.29, 1.82) is 0 Å². The molecule has 0 spiro atoms. The van der Waals surface area contributed by atoms with E-state index in [1.54, 1.807) is 18.2 Å². The van der Waals surface area contributed by atoms with Crippen LogP contribution in [0.2, 0.25) is 0 Å². The van der Waals surface area contributed by atoms with Crippen LogP contribution in [0.3, 0.4) is 0 Å². The molecule has 1 fully saturated rings. The fraction of sp³-hybridized carbons (Fsp3) is 0.333. The van der Waals surface area contributed by atoms with Crippen LogP contribution in [0.5, 0.6) is 11.5 Å². The van der Waals surface area contributed by atoms with E-state index in [0.717, 1.165) is 10.4 Å². The van der Waals surface area contributed by atoms with Crippen molar-refractivity contribution in [3.8, 4) is 11.5 Å². The summed E-state index contributed by atoms with van der Waals surface area (Å²) in [6, 6.07) is 8.53. The quantitative estimate of drug-likeness (QED) is 0.194. The van der Waals surface area contributed by atoms with Crippen LogP contribution in [0.4, 0.5) is 10.5 Å². The number of hydrogen-bond donors (Lipinski definition) is 2. The smallest absolute Gasteiger partial charge is 0.405 e. The van der Waals surface area contributed by atoms with E-state index < -0.39 is 49.6 Å². The molecule has 0 radical (unpaired) electrons. The lowest BCUT2D eigenvalue weighted by molar-refractivity contribution is -0.387. The van der Waals surface area contributed by atoms with Gasteiger partial charge in [-0.1, -0.05) is 12.1 Å². The lowest BCUT2D eigenvalue weighted by Gasteiger charge is -2.46. The fourth-order valence-corrected chi connectivity index (χ4v) is 6.42. The molecule has 17 heteroatoms. The number of benzene rings is 2. The summed E-state index contributed by atoms with van der Waals surface area (Å²) in [7, 11) is -1.22. The maximum Gasteiger partial charge on any atom is 0.405 e. The highest BCUT2D eigenvalue weighted by Gasteiger charge is 2.49. The lowest BCUT2D eigenvalue weighted by atomic mass is 9.94. The molecule has 2 aliphatic heterocycles. The Morgan fingerprint density at radius 3 is 2.44 bits per heavy atom. The molecule has 1 aromatic heterocycles. The maximum atomic E-state index is 13.2. The largest absolute Gasteiger partial charge is 0.497 e. The van der Waals surface area contributed by atoms with Gasteiger partial charge in [0.25, 0.3) is 15.7 Å². The molecule has 2 aliphatic rings. The SMILES string of the molecule is COc1ccc(CN2C(=O)[C@@H](NC(=O)O)[C@H]2Cn2nc3c(n2)CN(S(=O)(=O)c2ccccc2[N+](=O)[O-])C3)c(OC)c1. The first-order valence-corrected chi connectivity index (χ1v) is 13.6. The number of nitro groups is 1. The molecule has 2 N–H and O–H groups in total. The predicted octanol–water partition coefficient (Wildman–Crippen LogP) is 0.955. The maximum absolute atomic E-state index is 13.2. The number of ether oxygens (including phenoxy) is 2. The van der Waals surface area contributed by atoms with Crippen LogP contribution in [-0.2, 0) is 41.0 Å². The Bertz CT molecular complexity index is 1620. The van der Waals surface area contributed by atoms with Gasteiger partial charge in [-0.15, -0.1) is 0 Å². The molecule has 2 aromatic carbocycles. The van der Waals surface area contributed by atoms with Crippen LogP contribution < -0.4 is 14.8 Å². The first-order chi connectivity index (χ1) is 19.5. The molecule has 0 bridgehead atoms. The number of β-lactam (4-membered cyclic amide) rings is 1. The van der Waals surface area contributed by atoms with Crippen LogP contribution in [0, 0.1) is 10.1 Å². The molecule has 5 rings (SSSR count). The number of fused-ring (bicyclic) bond motifs is 1. The number of likely N-dealkylation sites (tertiary alicyclic amines) is 1. The summed E-state index contributed by atoms with van der Waals surface area (Å²) in [6.45, 7) is -0.163. The number of amides is 2. The van der Waals surface area contributed by atoms with E-state index in [4.69, 9.17) is 9.47 Å². The van der Waals surface area contributed by atoms with E-state index in [1.807, 2.05) is 0 Å². The minimum atomic E-state index is -4.21. The topological polar surface area (TPSA) is 199 Å². The van der Waals surface area contributed by atoms with Crippen LogP contribution >= 0.6 is 0 Å². The van der Waals surface area contributed by atoms with Gasteiger partial charge >= 0.3 is 6.09 Å². The zero-order chi connectivity index (χ0) is 29.5. The van der Waals surface area contributed by atoms with Crippen molar-refractivity contribution < 1.29 is 37.5 Å². The summed E-state index contributed by atoms with van der Waals surface area (Å²) in [5.74, 6) is 0.620. The molecule has 3 heterocycles. The number of methoxy groups -OCH3 is 2. The average Bonchev–Trinajstić information content (AvgIpc) is 3.53. The van der Waals surface area contributed by atoms with Crippen LogP contribution in [0.15, 0.2) is 47.4 Å². The summed E-state index contributed by atoms with van der Waals surface area (Å²) in [6.07, 6.45) is -1.36. The van der Waals surface area contributed by atoms with Gasteiger partial charge in [0.1, 0.15) is 28.9 Å². The van der Waals surface area contributed by atoms with E-state index in [9.17, 15) is 33.2 Å². The molecule has 2 atom stereocenters. The number of aromatic nitrogens is 3. The first-order valence-electron chi connectivity index (χ1n) is 12.2. The van der Waals surface area contributed by atoms with E-state index in [-0.39, 0.29) is 26.2 Å². The highest BCUT2D eigenvalue weighted by molar-refractivity contribution is 7.89. The summed E-state index contributed by atoms with van der Waals surface area (Å²) in [5, 5.41) is 31.6. The number of hydrogen-bond acceptors (Lipinski definition) is 10. The van der Waals surface area contributed by atoms with Gasteiger partial charge in [0.2, 0.25) is 5.91 Å². The summed E-state index contributed by atoms with van der Waals surface area (Å²) >= 11 is 0. The van der Waals surface area contributed by atoms with Crippen molar-refractivity contribution in [2.75, 3.05) is 14.2 Å². The molecule has 0 unspecified atom stereocenters. The van der Waals surface area contributed by atoms with E-state index in [1.165, 1.54) is 42.1 Å². The molecule has 3 aromatic rings. The van der Waals surface area contributed by atoms with Gasteiger partial charge < -0.3 is 24.8 Å². The molecule has 16 nitrogen and oxygen atoms in total. The van der Waals surface area contributed by atoms with Crippen molar-refractivity contribution in [2.45, 2.75) is 43.2 Å². The Hall–Kier alpha value is -4.77. The predicted molar refractivity (Wildman–Crippen MR) is 138 cm³/mol. The number of para-hydroxylation sites is 1. The number of carbonyl (C=O) groups is 2. The molecule has 0 aliphatic carbocycles. The first kappa shape index (κ1) is 27.8. The number of rotatable bonds is 10. The fourth-order valence-electron chi connectivity index (χ4n) is 4.90. The number of carboxylic acid groups (broad SMARTS) is 1. The monoisotopic (exact) mass is 587 g/mol. The zero-order valence-corrected chi connectivity index (χ0v) is 22.6. The van der Waals surface area contributed by atoms with Gasteiger partial charge in [-0.25, -0.2) is 13.2 Å². The summed E-state index contributed by atoms with van der Waals surface area (Å²) in [4.78, 5) is 37.2. The number of nitrogens with zero attached hydrogens (tertiary/aromatic N) is 6. The van der Waals surface area contributed by atoms with Gasteiger partial charge in [0.15, 0.2) is 4.90 Å². The molecular weight excluding hydrogens is 562 g/mol. The van der Waals surface area contributed by atoms with E-state index in [0.29, 0.717) is 28.5 Å². The Balaban J connectivity index is 1.34. The molecular formula is C24H25N7O9S. The summed E-state index contributed by atoms with van der Waals surface area (Å²) in [5.41, 5.74) is 0.843. The van der Waals surface area contributed by atoms with Crippen molar-refractivity contribution >= 4 is 27.7 Å². The van der Waals surface area contributed by atoms with Crippen molar-refractivity contribution in [3.63, 3.8) is 0 Å². The molecule has 2 amide bonds. The third-order valence-corrected chi connectivity index (χ3v) is 8.77. The van der Waals surface area contributed by atoms with Crippen molar-refractivity contribution in [2.24, 2.45) is 0 Å². The lowest BCUT2D eigenvalue weighted by Crippen LogP contribution is -2.71. The average molecular weight is 588 g/mol. The third kappa shape index (κ3) is 5.11. The van der Waals surface area contributed by atoms with Gasteiger partial charge in [0, 0.05) is 24.2 Å². The Morgan fingerprint density at radius 1 is 1.15 bits per heavy atom. The number of nitrogens with one attached hydrogen (secondary N) is 1. The Kier molecular flexibility index (Phi) is 7.22. The minimum absolute atomic E-state index is 0.0268. The molecule has 0 saturated carbocycles. The zero-order valence-electron chi connectivity index (χ0n) is 21.8. The van der Waals surface area contributed by atoms with Crippen LogP contribution in [0.25, 0.3) is 0 Å². The Labute approximate surface area is 233 Å². The minimum Gasteiger partial charge on any atom is -0.497 e.